The van der Waals surface area contributed by atoms with Crippen molar-refractivity contribution >= 4 is 33.4 Å². The molecule has 3 aromatic rings. The van der Waals surface area contributed by atoms with Gasteiger partial charge in [0.15, 0.2) is 0 Å². The fourth-order valence-corrected chi connectivity index (χ4v) is 3.14. The summed E-state index contributed by atoms with van der Waals surface area (Å²) in [7, 11) is 0. The van der Waals surface area contributed by atoms with E-state index in [0.717, 1.165) is 15.2 Å². The Morgan fingerprint density at radius 3 is 2.58 bits per heavy atom. The number of nitrogens with one attached hydrogen (secondary N) is 2. The van der Waals surface area contributed by atoms with Gasteiger partial charge in [-0.2, -0.15) is 0 Å². The number of nitrogens with zero attached hydrogens (tertiary/aromatic N) is 1. The standard InChI is InChI=1S/C17H15N3O3S/c21-13-7-3-1-5-11(13)17(23)20-19-15(22)9-10-16-18-12-6-2-4-8-14(12)24-16/h1-8,21H,9-10H2,(H,19,22)(H,20,23). The Labute approximate surface area is 142 Å². The summed E-state index contributed by atoms with van der Waals surface area (Å²) in [6, 6.07) is 13.9. The minimum absolute atomic E-state index is 0.101. The molecule has 0 aliphatic heterocycles. The highest BCUT2D eigenvalue weighted by molar-refractivity contribution is 7.18. The van der Waals surface area contributed by atoms with Crippen molar-refractivity contribution in [3.63, 3.8) is 0 Å². The predicted molar refractivity (Wildman–Crippen MR) is 91.7 cm³/mol. The van der Waals surface area contributed by atoms with Crippen LogP contribution in [0.1, 0.15) is 21.8 Å². The summed E-state index contributed by atoms with van der Waals surface area (Å²) in [5.74, 6) is -1.03. The summed E-state index contributed by atoms with van der Waals surface area (Å²) in [5.41, 5.74) is 5.65. The van der Waals surface area contributed by atoms with E-state index in [9.17, 15) is 14.7 Å². The van der Waals surface area contributed by atoms with Gasteiger partial charge in [-0.1, -0.05) is 24.3 Å². The van der Waals surface area contributed by atoms with Crippen molar-refractivity contribution in [3.8, 4) is 5.75 Å². The lowest BCUT2D eigenvalue weighted by atomic mass is 10.2. The van der Waals surface area contributed by atoms with Crippen LogP contribution in [0.2, 0.25) is 0 Å². The molecule has 0 saturated heterocycles. The van der Waals surface area contributed by atoms with E-state index in [-0.39, 0.29) is 23.6 Å². The fourth-order valence-electron chi connectivity index (χ4n) is 2.17. The van der Waals surface area contributed by atoms with Gasteiger partial charge in [0.2, 0.25) is 5.91 Å². The average molecular weight is 341 g/mol. The maximum Gasteiger partial charge on any atom is 0.273 e. The first-order chi connectivity index (χ1) is 11.6. The molecular weight excluding hydrogens is 326 g/mol. The summed E-state index contributed by atoms with van der Waals surface area (Å²) in [6.07, 6.45) is 0.707. The zero-order chi connectivity index (χ0) is 16.9. The van der Waals surface area contributed by atoms with Gasteiger partial charge < -0.3 is 5.11 Å². The third kappa shape index (κ3) is 3.69. The molecule has 0 spiro atoms. The third-order valence-corrected chi connectivity index (χ3v) is 4.46. The van der Waals surface area contributed by atoms with Gasteiger partial charge in [-0.3, -0.25) is 20.4 Å². The smallest absolute Gasteiger partial charge is 0.273 e. The number of phenolic OH excluding ortho intramolecular Hbond substituents is 1. The van der Waals surface area contributed by atoms with Crippen LogP contribution in [0.15, 0.2) is 48.5 Å². The number of phenols is 1. The molecule has 1 aromatic heterocycles. The number of carbonyl (C=O) groups is 2. The van der Waals surface area contributed by atoms with Crippen molar-refractivity contribution in [2.45, 2.75) is 12.8 Å². The molecule has 122 valence electrons. The lowest BCUT2D eigenvalue weighted by Gasteiger charge is -2.07. The number of fused-ring (bicyclic) bond motifs is 1. The van der Waals surface area contributed by atoms with E-state index in [0.29, 0.717) is 6.42 Å². The van der Waals surface area contributed by atoms with Crippen LogP contribution in [0.25, 0.3) is 10.2 Å². The Morgan fingerprint density at radius 1 is 1.04 bits per heavy atom. The molecule has 3 rings (SSSR count). The van der Waals surface area contributed by atoms with Crippen LogP contribution < -0.4 is 10.9 Å². The first-order valence-corrected chi connectivity index (χ1v) is 8.17. The lowest BCUT2D eigenvalue weighted by Crippen LogP contribution is -2.41. The molecule has 0 aliphatic rings. The van der Waals surface area contributed by atoms with E-state index in [4.69, 9.17) is 0 Å². The number of thiazole rings is 1. The van der Waals surface area contributed by atoms with Gasteiger partial charge in [0.05, 0.1) is 20.8 Å². The minimum Gasteiger partial charge on any atom is -0.507 e. The Balaban J connectivity index is 1.51. The summed E-state index contributed by atoms with van der Waals surface area (Å²) in [5, 5.41) is 10.5. The summed E-state index contributed by atoms with van der Waals surface area (Å²) >= 11 is 1.55. The minimum atomic E-state index is -0.568. The highest BCUT2D eigenvalue weighted by Crippen LogP contribution is 2.22. The third-order valence-electron chi connectivity index (χ3n) is 3.37. The number of para-hydroxylation sites is 2. The molecule has 24 heavy (non-hydrogen) atoms. The maximum absolute atomic E-state index is 11.9. The van der Waals surface area contributed by atoms with E-state index in [1.165, 1.54) is 12.1 Å². The van der Waals surface area contributed by atoms with Crippen molar-refractivity contribution in [2.75, 3.05) is 0 Å². The number of aryl methyl sites for hydroxylation is 1. The van der Waals surface area contributed by atoms with Crippen LogP contribution in [-0.4, -0.2) is 21.9 Å². The Kier molecular flexibility index (Phi) is 4.72. The normalized spacial score (nSPS) is 10.5. The molecule has 7 heteroatoms. The fraction of sp³-hybridized carbons (Fsp3) is 0.118. The summed E-state index contributed by atoms with van der Waals surface area (Å²) in [6.45, 7) is 0. The number of amides is 2. The SMILES string of the molecule is O=C(CCc1nc2ccccc2s1)NNC(=O)c1ccccc1O. The second-order valence-corrected chi connectivity index (χ2v) is 6.21. The first-order valence-electron chi connectivity index (χ1n) is 7.35. The monoisotopic (exact) mass is 341 g/mol. The maximum atomic E-state index is 11.9. The number of benzene rings is 2. The molecule has 0 aliphatic carbocycles. The molecule has 0 bridgehead atoms. The Hall–Kier alpha value is -2.93. The van der Waals surface area contributed by atoms with E-state index in [1.807, 2.05) is 24.3 Å². The summed E-state index contributed by atoms with van der Waals surface area (Å²) in [4.78, 5) is 28.2. The van der Waals surface area contributed by atoms with Crippen LogP contribution in [0.3, 0.4) is 0 Å². The van der Waals surface area contributed by atoms with E-state index < -0.39 is 5.91 Å². The number of aromatic nitrogens is 1. The first kappa shape index (κ1) is 15.9. The number of aromatic hydroxyl groups is 1. The molecule has 6 nitrogen and oxygen atoms in total. The molecule has 2 amide bonds. The van der Waals surface area contributed by atoms with E-state index >= 15 is 0 Å². The highest BCUT2D eigenvalue weighted by atomic mass is 32.1. The molecule has 0 unspecified atom stereocenters. The number of hydrogen-bond acceptors (Lipinski definition) is 5. The van der Waals surface area contributed by atoms with Crippen molar-refractivity contribution < 1.29 is 14.7 Å². The molecule has 2 aromatic carbocycles. The van der Waals surface area contributed by atoms with Crippen molar-refractivity contribution in [2.24, 2.45) is 0 Å². The molecule has 0 saturated carbocycles. The van der Waals surface area contributed by atoms with Crippen molar-refractivity contribution in [3.05, 3.63) is 59.1 Å². The van der Waals surface area contributed by atoms with Gasteiger partial charge >= 0.3 is 0 Å². The van der Waals surface area contributed by atoms with E-state index in [1.54, 1.807) is 23.5 Å². The summed E-state index contributed by atoms with van der Waals surface area (Å²) < 4.78 is 1.08. The van der Waals surface area contributed by atoms with Gasteiger partial charge in [-0.15, -0.1) is 11.3 Å². The van der Waals surface area contributed by atoms with Crippen molar-refractivity contribution in [1.82, 2.24) is 15.8 Å². The van der Waals surface area contributed by atoms with Gasteiger partial charge in [-0.05, 0) is 24.3 Å². The number of hydrogen-bond donors (Lipinski definition) is 3. The zero-order valence-electron chi connectivity index (χ0n) is 12.7. The molecule has 1 heterocycles. The number of rotatable bonds is 4. The second-order valence-electron chi connectivity index (χ2n) is 5.09. The van der Waals surface area contributed by atoms with Crippen LogP contribution in [0, 0.1) is 0 Å². The van der Waals surface area contributed by atoms with Gasteiger partial charge in [0.1, 0.15) is 5.75 Å². The second kappa shape index (κ2) is 7.10. The Bertz CT molecular complexity index is 858. The van der Waals surface area contributed by atoms with E-state index in [2.05, 4.69) is 15.8 Å². The molecule has 0 radical (unpaired) electrons. The molecule has 0 atom stereocenters. The molecule has 0 fully saturated rings. The largest absolute Gasteiger partial charge is 0.507 e. The zero-order valence-corrected chi connectivity index (χ0v) is 13.5. The number of hydrazine groups is 1. The van der Waals surface area contributed by atoms with Crippen LogP contribution in [0.4, 0.5) is 0 Å². The predicted octanol–water partition coefficient (Wildman–Crippen LogP) is 2.40. The van der Waals surface area contributed by atoms with Crippen LogP contribution >= 0.6 is 11.3 Å². The van der Waals surface area contributed by atoms with Gasteiger partial charge in [0.25, 0.3) is 5.91 Å². The van der Waals surface area contributed by atoms with Crippen molar-refractivity contribution in [1.29, 1.82) is 0 Å². The molecule has 3 N–H and O–H groups in total. The van der Waals surface area contributed by atoms with Gasteiger partial charge in [0, 0.05) is 12.8 Å². The lowest BCUT2D eigenvalue weighted by molar-refractivity contribution is -0.121. The highest BCUT2D eigenvalue weighted by Gasteiger charge is 2.11. The van der Waals surface area contributed by atoms with Crippen LogP contribution in [0.5, 0.6) is 5.75 Å². The molecular formula is C17H15N3O3S. The average Bonchev–Trinajstić information content (AvgIpc) is 3.01. The quantitative estimate of drug-likeness (QED) is 0.636. The topological polar surface area (TPSA) is 91.3 Å². The number of carbonyl (C=O) groups excluding carboxylic acids is 2. The van der Waals surface area contributed by atoms with Crippen LogP contribution in [-0.2, 0) is 11.2 Å². The Morgan fingerprint density at radius 2 is 1.79 bits per heavy atom. The van der Waals surface area contributed by atoms with Gasteiger partial charge in [-0.25, -0.2) is 4.98 Å².